The van der Waals surface area contributed by atoms with Crippen molar-refractivity contribution in [3.63, 3.8) is 0 Å². The minimum Gasteiger partial charge on any atom is -0.399 e. The van der Waals surface area contributed by atoms with Crippen LogP contribution in [0.4, 0.5) is 0 Å². The van der Waals surface area contributed by atoms with Crippen LogP contribution in [-0.2, 0) is 14.7 Å². The second-order valence-electron chi connectivity index (χ2n) is 15.3. The van der Waals surface area contributed by atoms with Crippen molar-refractivity contribution in [1.29, 1.82) is 0 Å². The van der Waals surface area contributed by atoms with Gasteiger partial charge in [0, 0.05) is 15.2 Å². The van der Waals surface area contributed by atoms with Crippen molar-refractivity contribution in [2.75, 3.05) is 12.5 Å². The van der Waals surface area contributed by atoms with Gasteiger partial charge >= 0.3 is 7.12 Å². The van der Waals surface area contributed by atoms with E-state index in [9.17, 15) is 0 Å². The van der Waals surface area contributed by atoms with Gasteiger partial charge in [-0.15, -0.1) is 0 Å². The highest BCUT2D eigenvalue weighted by Gasteiger charge is 2.62. The molecule has 4 heteroatoms. The van der Waals surface area contributed by atoms with Gasteiger partial charge in [0.1, 0.15) is 0 Å². The van der Waals surface area contributed by atoms with Crippen molar-refractivity contribution in [1.82, 2.24) is 0 Å². The number of rotatable bonds is 1. The van der Waals surface area contributed by atoms with Crippen LogP contribution < -0.4 is 5.46 Å². The van der Waals surface area contributed by atoms with E-state index in [0.717, 1.165) is 23.7 Å². The number of benzene rings is 3. The fourth-order valence-corrected chi connectivity index (χ4v) is 12.8. The smallest absolute Gasteiger partial charge is 0.399 e. The zero-order valence-corrected chi connectivity index (χ0v) is 25.7. The fraction of sp³-hybridized carbons (Fsp3) is 0.500. The first-order valence-electron chi connectivity index (χ1n) is 15.5. The van der Waals surface area contributed by atoms with Crippen LogP contribution in [0.5, 0.6) is 0 Å². The van der Waals surface area contributed by atoms with Crippen LogP contribution in [0, 0.1) is 23.7 Å². The lowest BCUT2D eigenvalue weighted by atomic mass is 9.43. The van der Waals surface area contributed by atoms with Crippen LogP contribution in [-0.4, -0.2) is 30.8 Å². The Morgan fingerprint density at radius 1 is 0.650 bits per heavy atom. The third kappa shape index (κ3) is 2.82. The summed E-state index contributed by atoms with van der Waals surface area (Å²) in [5.74, 6) is 3.43. The minimum absolute atomic E-state index is 0.165. The van der Waals surface area contributed by atoms with Gasteiger partial charge < -0.3 is 9.31 Å². The molecule has 2 nitrogen and oxygen atoms in total. The quantitative estimate of drug-likeness (QED) is 0.286. The maximum absolute atomic E-state index is 6.56. The summed E-state index contributed by atoms with van der Waals surface area (Å²) in [7, 11) is -1.38. The van der Waals surface area contributed by atoms with Gasteiger partial charge in [-0.05, 0) is 153 Å². The molecular formula is C36H41BO2S. The summed E-state index contributed by atoms with van der Waals surface area (Å²) in [5, 5.41) is 0. The largest absolute Gasteiger partial charge is 0.494 e. The van der Waals surface area contributed by atoms with Crippen LogP contribution in [0.15, 0.2) is 64.4 Å². The van der Waals surface area contributed by atoms with Crippen molar-refractivity contribution in [3.8, 4) is 22.3 Å². The minimum atomic E-state index is -1.06. The van der Waals surface area contributed by atoms with E-state index in [2.05, 4.69) is 94.8 Å². The highest BCUT2D eigenvalue weighted by atomic mass is 32.3. The molecule has 0 unspecified atom stereocenters. The Morgan fingerprint density at radius 3 is 1.95 bits per heavy atom. The Labute approximate surface area is 241 Å². The molecule has 4 saturated carbocycles. The Bertz CT molecular complexity index is 1570. The first kappa shape index (κ1) is 24.6. The van der Waals surface area contributed by atoms with E-state index in [1.54, 1.807) is 20.9 Å². The molecule has 0 atom stereocenters. The molecule has 2 aliphatic heterocycles. The molecule has 0 radical (unpaired) electrons. The van der Waals surface area contributed by atoms with Crippen LogP contribution in [0.3, 0.4) is 0 Å². The van der Waals surface area contributed by atoms with Crippen molar-refractivity contribution >= 4 is 22.6 Å². The first-order chi connectivity index (χ1) is 19.0. The van der Waals surface area contributed by atoms with E-state index in [0.29, 0.717) is 0 Å². The molecule has 0 aromatic heterocycles. The normalized spacial score (nSPS) is 35.0. The molecule has 40 heavy (non-hydrogen) atoms. The molecule has 1 saturated heterocycles. The molecule has 5 fully saturated rings. The topological polar surface area (TPSA) is 18.5 Å². The van der Waals surface area contributed by atoms with Gasteiger partial charge in [0.15, 0.2) is 0 Å². The monoisotopic (exact) mass is 548 g/mol. The molecule has 4 bridgehead atoms. The van der Waals surface area contributed by atoms with Gasteiger partial charge in [0.25, 0.3) is 0 Å². The summed E-state index contributed by atoms with van der Waals surface area (Å²) in [5.41, 5.74) is 9.88. The van der Waals surface area contributed by atoms with E-state index in [1.165, 1.54) is 59.8 Å². The van der Waals surface area contributed by atoms with Crippen molar-refractivity contribution in [2.45, 2.75) is 86.2 Å². The predicted molar refractivity (Wildman–Crippen MR) is 167 cm³/mol. The van der Waals surface area contributed by atoms with Crippen molar-refractivity contribution in [2.24, 2.45) is 23.7 Å². The number of hydrogen-bond donors (Lipinski definition) is 0. The van der Waals surface area contributed by atoms with Crippen LogP contribution in [0.1, 0.15) is 70.9 Å². The summed E-state index contributed by atoms with van der Waals surface area (Å²) in [6.45, 7) is 8.63. The third-order valence-corrected chi connectivity index (χ3v) is 15.5. The molecular weight excluding hydrogens is 507 g/mol. The summed E-state index contributed by atoms with van der Waals surface area (Å²) >= 11 is 0. The van der Waals surface area contributed by atoms with Gasteiger partial charge in [-0.2, -0.15) is 10.0 Å². The zero-order chi connectivity index (χ0) is 27.4. The van der Waals surface area contributed by atoms with Crippen LogP contribution >= 0.6 is 10.0 Å². The van der Waals surface area contributed by atoms with E-state index in [-0.39, 0.29) is 23.7 Å². The van der Waals surface area contributed by atoms with Gasteiger partial charge in [-0.1, -0.05) is 36.4 Å². The van der Waals surface area contributed by atoms with Gasteiger partial charge in [0.2, 0.25) is 0 Å². The average molecular weight is 549 g/mol. The molecule has 3 aromatic rings. The molecule has 2 heterocycles. The second-order valence-corrected chi connectivity index (χ2v) is 18.8. The molecule has 0 N–H and O–H groups in total. The lowest BCUT2D eigenvalue weighted by Gasteiger charge is -2.61. The van der Waals surface area contributed by atoms with Crippen LogP contribution in [0.2, 0.25) is 0 Å². The summed E-state index contributed by atoms with van der Waals surface area (Å²) < 4.78 is 13.1. The van der Waals surface area contributed by atoms with E-state index in [1.807, 2.05) is 0 Å². The third-order valence-electron chi connectivity index (χ3n) is 12.6. The molecule has 3 aromatic carbocycles. The predicted octanol–water partition coefficient (Wildman–Crippen LogP) is 8.17. The Hall–Kier alpha value is -2.01. The fourth-order valence-electron chi connectivity index (χ4n) is 10.3. The molecule has 1 spiro atoms. The number of fused-ring (bicyclic) bond motifs is 6. The van der Waals surface area contributed by atoms with Gasteiger partial charge in [-0.3, -0.25) is 0 Å². The van der Waals surface area contributed by atoms with E-state index in [4.69, 9.17) is 9.31 Å². The molecule has 7 aliphatic rings. The molecule has 10 rings (SSSR count). The standard InChI is InChI=1S/C36H41BO2S/c1-34(2)35(3,4)39-37(38-34)25-11-12-30-27(18-25)28-20-33-29(26-9-7-8-10-32(26)40(33,5)6)19-31(28)36(30)23-14-21-13-22(16-23)17-24(36)15-21/h7-12,18-24H,13-17H2,1-6H3. The van der Waals surface area contributed by atoms with Gasteiger partial charge in [-0.25, -0.2) is 0 Å². The van der Waals surface area contributed by atoms with E-state index >= 15 is 0 Å². The Kier molecular flexibility index (Phi) is 4.60. The Morgan fingerprint density at radius 2 is 1.27 bits per heavy atom. The molecule has 206 valence electrons. The maximum atomic E-state index is 6.56. The van der Waals surface area contributed by atoms with E-state index < -0.39 is 10.0 Å². The highest BCUT2D eigenvalue weighted by Crippen LogP contribution is 2.73. The average Bonchev–Trinajstić information content (AvgIpc) is 3.41. The molecule has 0 amide bonds. The lowest BCUT2D eigenvalue weighted by Crippen LogP contribution is -2.55. The summed E-state index contributed by atoms with van der Waals surface area (Å²) in [6.07, 6.45) is 12.1. The first-order valence-corrected chi connectivity index (χ1v) is 18.0. The SMILES string of the molecule is CC1(C)OB(c2ccc3c(c2)-c2cc4c(cc2C32C3CC5CC(C3)CC2C5)-c2ccccc2S4(C)C)OC1(C)C. The van der Waals surface area contributed by atoms with Gasteiger partial charge in [0.05, 0.1) is 11.2 Å². The Balaban J connectivity index is 1.28. The lowest BCUT2D eigenvalue weighted by molar-refractivity contribution is -0.0399. The maximum Gasteiger partial charge on any atom is 0.494 e. The zero-order valence-electron chi connectivity index (χ0n) is 24.8. The summed E-state index contributed by atoms with van der Waals surface area (Å²) in [4.78, 5) is 3.12. The van der Waals surface area contributed by atoms with Crippen LogP contribution in [0.25, 0.3) is 22.3 Å². The van der Waals surface area contributed by atoms with Crippen molar-refractivity contribution < 1.29 is 9.31 Å². The molecule has 5 aliphatic carbocycles. The number of hydrogen-bond acceptors (Lipinski definition) is 2. The summed E-state index contributed by atoms with van der Waals surface area (Å²) in [6, 6.07) is 21.9. The highest BCUT2D eigenvalue weighted by molar-refractivity contribution is 8.33. The second kappa shape index (κ2) is 7.49. The van der Waals surface area contributed by atoms with Crippen molar-refractivity contribution in [3.05, 3.63) is 65.7 Å².